The van der Waals surface area contributed by atoms with Crippen LogP contribution < -0.4 is 5.32 Å². The van der Waals surface area contributed by atoms with Crippen molar-refractivity contribution in [2.45, 2.75) is 58.3 Å². The van der Waals surface area contributed by atoms with Gasteiger partial charge in [-0.3, -0.25) is 9.59 Å². The molecule has 0 aromatic heterocycles. The van der Waals surface area contributed by atoms with E-state index in [4.69, 9.17) is 0 Å². The van der Waals surface area contributed by atoms with Crippen LogP contribution in [-0.4, -0.2) is 41.5 Å². The highest BCUT2D eigenvalue weighted by molar-refractivity contribution is 5.97. The molecular formula is C21H30N2O3. The van der Waals surface area contributed by atoms with Gasteiger partial charge < -0.3 is 15.3 Å². The third-order valence-electron chi connectivity index (χ3n) is 5.60. The first-order chi connectivity index (χ1) is 12.6. The van der Waals surface area contributed by atoms with Crippen molar-refractivity contribution in [1.82, 2.24) is 10.2 Å². The van der Waals surface area contributed by atoms with Gasteiger partial charge in [0.1, 0.15) is 5.75 Å². The first-order valence-electron chi connectivity index (χ1n) is 10.0. The minimum absolute atomic E-state index is 0.0469. The maximum Gasteiger partial charge on any atom is 0.257 e. The molecule has 2 N–H and O–H groups in total. The molecule has 5 nitrogen and oxygen atoms in total. The topological polar surface area (TPSA) is 69.6 Å². The number of rotatable bonds is 5. The van der Waals surface area contributed by atoms with Crippen molar-refractivity contribution in [2.75, 3.05) is 19.6 Å². The maximum atomic E-state index is 13.0. The summed E-state index contributed by atoms with van der Waals surface area (Å²) in [6.07, 6.45) is 7.88. The number of aromatic hydroxyl groups is 1. The number of unbranched alkanes of at least 4 members (excludes halogenated alkanes) is 1. The number of hydrogen-bond acceptors (Lipinski definition) is 3. The average Bonchev–Trinajstić information content (AvgIpc) is 2.67. The van der Waals surface area contributed by atoms with Crippen LogP contribution in [0.25, 0.3) is 0 Å². The Kier molecular flexibility index (Phi) is 6.17. The number of fused-ring (bicyclic) bond motifs is 1. The van der Waals surface area contributed by atoms with Crippen molar-refractivity contribution in [3.63, 3.8) is 0 Å². The largest absolute Gasteiger partial charge is 0.507 e. The molecule has 1 heterocycles. The second-order valence-electron chi connectivity index (χ2n) is 7.58. The molecule has 1 aromatic rings. The van der Waals surface area contributed by atoms with Crippen LogP contribution in [0.1, 0.15) is 66.9 Å². The quantitative estimate of drug-likeness (QED) is 0.795. The summed E-state index contributed by atoms with van der Waals surface area (Å²) in [7, 11) is 0. The molecule has 2 amide bonds. The van der Waals surface area contributed by atoms with Gasteiger partial charge in [0, 0.05) is 19.6 Å². The number of carbonyl (C=O) groups excluding carboxylic acids is 2. The molecule has 1 unspecified atom stereocenters. The number of likely N-dealkylation sites (tertiary alicyclic amines) is 1. The minimum atomic E-state index is -0.151. The Bertz CT molecular complexity index is 671. The number of nitrogens with zero attached hydrogens (tertiary/aromatic N) is 1. The Hall–Kier alpha value is -2.04. The molecule has 0 saturated carbocycles. The molecule has 142 valence electrons. The van der Waals surface area contributed by atoms with Gasteiger partial charge in [0.2, 0.25) is 5.91 Å². The molecule has 1 aliphatic heterocycles. The van der Waals surface area contributed by atoms with Crippen LogP contribution in [0.4, 0.5) is 0 Å². The normalized spacial score (nSPS) is 19.7. The first kappa shape index (κ1) is 18.7. The number of piperidine rings is 1. The summed E-state index contributed by atoms with van der Waals surface area (Å²) in [4.78, 5) is 27.0. The summed E-state index contributed by atoms with van der Waals surface area (Å²) in [5.41, 5.74) is 2.73. The van der Waals surface area contributed by atoms with Crippen LogP contribution in [0.5, 0.6) is 5.75 Å². The van der Waals surface area contributed by atoms with Crippen molar-refractivity contribution >= 4 is 11.8 Å². The lowest BCUT2D eigenvalue weighted by molar-refractivity contribution is -0.126. The molecule has 5 heteroatoms. The molecular weight excluding hydrogens is 328 g/mol. The summed E-state index contributed by atoms with van der Waals surface area (Å²) in [6.45, 7) is 3.88. The first-order valence-corrected chi connectivity index (χ1v) is 10.0. The van der Waals surface area contributed by atoms with Crippen LogP contribution in [0.2, 0.25) is 0 Å². The lowest BCUT2D eigenvalue weighted by Gasteiger charge is -2.32. The van der Waals surface area contributed by atoms with Gasteiger partial charge >= 0.3 is 0 Å². The lowest BCUT2D eigenvalue weighted by atomic mass is 9.89. The monoisotopic (exact) mass is 358 g/mol. The standard InChI is InChI=1S/C21H30N2O3/c1-2-3-10-22-20(25)17-9-6-11-23(14-17)21(26)18-12-15-7-4-5-8-16(15)13-19(18)24/h12-13,17,24H,2-11,14H2,1H3,(H,22,25). The minimum Gasteiger partial charge on any atom is -0.507 e. The van der Waals surface area contributed by atoms with Crippen LogP contribution in [0.3, 0.4) is 0 Å². The number of benzene rings is 1. The highest BCUT2D eigenvalue weighted by Crippen LogP contribution is 2.30. The smallest absolute Gasteiger partial charge is 0.257 e. The van der Waals surface area contributed by atoms with E-state index in [2.05, 4.69) is 12.2 Å². The molecule has 0 bridgehead atoms. The molecule has 1 fully saturated rings. The maximum absolute atomic E-state index is 13.0. The molecule has 1 aromatic carbocycles. The highest BCUT2D eigenvalue weighted by Gasteiger charge is 2.30. The predicted molar refractivity (Wildman–Crippen MR) is 101 cm³/mol. The Morgan fingerprint density at radius 3 is 2.65 bits per heavy atom. The van der Waals surface area contributed by atoms with Crippen LogP contribution in [0.15, 0.2) is 12.1 Å². The van der Waals surface area contributed by atoms with E-state index in [9.17, 15) is 14.7 Å². The second-order valence-corrected chi connectivity index (χ2v) is 7.58. The van der Waals surface area contributed by atoms with Gasteiger partial charge in [-0.25, -0.2) is 0 Å². The SMILES string of the molecule is CCCCNC(=O)C1CCCN(C(=O)c2cc3c(cc2O)CCCC3)C1. The van der Waals surface area contributed by atoms with Gasteiger partial charge in [-0.2, -0.15) is 0 Å². The molecule has 1 saturated heterocycles. The average molecular weight is 358 g/mol. The molecule has 2 aliphatic rings. The number of phenolic OH excluding ortho intramolecular Hbond substituents is 1. The van der Waals surface area contributed by atoms with Crippen LogP contribution in [-0.2, 0) is 17.6 Å². The predicted octanol–water partition coefficient (Wildman–Crippen LogP) is 3.04. The molecule has 1 atom stereocenters. The van der Waals surface area contributed by atoms with Crippen LogP contribution >= 0.6 is 0 Å². The number of phenols is 1. The van der Waals surface area contributed by atoms with E-state index in [-0.39, 0.29) is 23.5 Å². The van der Waals surface area contributed by atoms with Gasteiger partial charge in [0.05, 0.1) is 11.5 Å². The number of hydrogen-bond donors (Lipinski definition) is 2. The lowest BCUT2D eigenvalue weighted by Crippen LogP contribution is -2.45. The van der Waals surface area contributed by atoms with E-state index < -0.39 is 0 Å². The Morgan fingerprint density at radius 2 is 1.92 bits per heavy atom. The zero-order valence-electron chi connectivity index (χ0n) is 15.7. The van der Waals surface area contributed by atoms with Crippen molar-refractivity contribution in [1.29, 1.82) is 0 Å². The number of aryl methyl sites for hydroxylation is 2. The fraction of sp³-hybridized carbons (Fsp3) is 0.619. The summed E-state index contributed by atoms with van der Waals surface area (Å²) in [5.74, 6) is -0.179. The van der Waals surface area contributed by atoms with Gasteiger partial charge in [-0.15, -0.1) is 0 Å². The van der Waals surface area contributed by atoms with E-state index in [1.165, 1.54) is 5.56 Å². The highest BCUT2D eigenvalue weighted by atomic mass is 16.3. The van der Waals surface area contributed by atoms with Crippen LogP contribution in [0, 0.1) is 5.92 Å². The number of nitrogens with one attached hydrogen (secondary N) is 1. The molecule has 26 heavy (non-hydrogen) atoms. The van der Waals surface area contributed by atoms with E-state index in [0.717, 1.165) is 56.9 Å². The summed E-state index contributed by atoms with van der Waals surface area (Å²) in [5, 5.41) is 13.3. The van der Waals surface area contributed by atoms with Crippen molar-refractivity contribution in [3.8, 4) is 5.75 Å². The van der Waals surface area contributed by atoms with Crippen molar-refractivity contribution < 1.29 is 14.7 Å². The fourth-order valence-electron chi connectivity index (χ4n) is 4.02. The Balaban J connectivity index is 1.68. The van der Waals surface area contributed by atoms with E-state index >= 15 is 0 Å². The van der Waals surface area contributed by atoms with Gasteiger partial charge in [0.25, 0.3) is 5.91 Å². The zero-order valence-corrected chi connectivity index (χ0v) is 15.7. The fourth-order valence-corrected chi connectivity index (χ4v) is 4.02. The number of carbonyl (C=O) groups is 2. The third-order valence-corrected chi connectivity index (χ3v) is 5.60. The Labute approximate surface area is 155 Å². The molecule has 0 radical (unpaired) electrons. The van der Waals surface area contributed by atoms with Gasteiger partial charge in [-0.05, 0) is 68.2 Å². The molecule has 1 aliphatic carbocycles. The Morgan fingerprint density at radius 1 is 1.19 bits per heavy atom. The summed E-state index contributed by atoms with van der Waals surface area (Å²) < 4.78 is 0. The van der Waals surface area contributed by atoms with Crippen molar-refractivity contribution in [2.24, 2.45) is 5.92 Å². The summed E-state index contributed by atoms with van der Waals surface area (Å²) >= 11 is 0. The number of amides is 2. The van der Waals surface area contributed by atoms with Crippen molar-refractivity contribution in [3.05, 3.63) is 28.8 Å². The summed E-state index contributed by atoms with van der Waals surface area (Å²) in [6, 6.07) is 3.64. The third kappa shape index (κ3) is 4.19. The molecule has 0 spiro atoms. The van der Waals surface area contributed by atoms with E-state index in [1.807, 2.05) is 6.07 Å². The van der Waals surface area contributed by atoms with E-state index in [0.29, 0.717) is 25.2 Å². The van der Waals surface area contributed by atoms with E-state index in [1.54, 1.807) is 11.0 Å². The van der Waals surface area contributed by atoms with Gasteiger partial charge in [0.15, 0.2) is 0 Å². The zero-order chi connectivity index (χ0) is 18.5. The van der Waals surface area contributed by atoms with Gasteiger partial charge in [-0.1, -0.05) is 13.3 Å². The molecule has 3 rings (SSSR count). The second kappa shape index (κ2) is 8.56.